The molecular formula is C14H23N3O. The van der Waals surface area contributed by atoms with Crippen molar-refractivity contribution in [2.75, 3.05) is 45.2 Å². The number of hydrogen-bond donors (Lipinski definition) is 1. The molecule has 18 heavy (non-hydrogen) atoms. The summed E-state index contributed by atoms with van der Waals surface area (Å²) in [4.78, 5) is 4.79. The molecule has 1 unspecified atom stereocenters. The van der Waals surface area contributed by atoms with Gasteiger partial charge in [0.2, 0.25) is 0 Å². The molecule has 0 saturated carbocycles. The van der Waals surface area contributed by atoms with Crippen molar-refractivity contribution in [2.45, 2.75) is 12.5 Å². The Balaban J connectivity index is 1.95. The van der Waals surface area contributed by atoms with Crippen LogP contribution in [0.4, 0.5) is 5.69 Å². The Morgan fingerprint density at radius 1 is 1.39 bits per heavy atom. The first kappa shape index (κ1) is 13.2. The molecule has 1 heterocycles. The maximum absolute atomic E-state index is 5.61. The molecular weight excluding hydrogens is 226 g/mol. The predicted molar refractivity (Wildman–Crippen MR) is 75.3 cm³/mol. The van der Waals surface area contributed by atoms with Crippen LogP contribution < -0.4 is 15.4 Å². The van der Waals surface area contributed by atoms with Gasteiger partial charge in [0.1, 0.15) is 5.75 Å². The summed E-state index contributed by atoms with van der Waals surface area (Å²) < 4.78 is 5.18. The van der Waals surface area contributed by atoms with E-state index in [9.17, 15) is 0 Å². The highest BCUT2D eigenvalue weighted by molar-refractivity contribution is 5.50. The second-order valence-electron chi connectivity index (χ2n) is 4.86. The summed E-state index contributed by atoms with van der Waals surface area (Å²) in [6.07, 6.45) is 1.21. The van der Waals surface area contributed by atoms with Gasteiger partial charge in [0.25, 0.3) is 0 Å². The van der Waals surface area contributed by atoms with Crippen LogP contribution in [0, 0.1) is 0 Å². The van der Waals surface area contributed by atoms with Crippen molar-refractivity contribution in [3.63, 3.8) is 0 Å². The fourth-order valence-electron chi connectivity index (χ4n) is 2.52. The molecule has 1 aromatic rings. The molecule has 1 aromatic carbocycles. The first-order valence-corrected chi connectivity index (χ1v) is 6.54. The zero-order valence-electron chi connectivity index (χ0n) is 11.3. The summed E-state index contributed by atoms with van der Waals surface area (Å²) in [5.41, 5.74) is 6.88. The smallest absolute Gasteiger partial charge is 0.119 e. The van der Waals surface area contributed by atoms with E-state index in [2.05, 4.69) is 29.0 Å². The Bertz CT molecular complexity index is 366. The van der Waals surface area contributed by atoms with Crippen LogP contribution in [0.1, 0.15) is 6.42 Å². The van der Waals surface area contributed by atoms with Crippen LogP contribution in [0.5, 0.6) is 5.75 Å². The molecule has 1 fully saturated rings. The molecule has 100 valence electrons. The van der Waals surface area contributed by atoms with Crippen LogP contribution in [0.3, 0.4) is 0 Å². The van der Waals surface area contributed by atoms with Gasteiger partial charge in [0, 0.05) is 37.9 Å². The van der Waals surface area contributed by atoms with Crippen molar-refractivity contribution >= 4 is 5.69 Å². The van der Waals surface area contributed by atoms with Crippen LogP contribution in [0.25, 0.3) is 0 Å². The number of methoxy groups -OCH3 is 1. The lowest BCUT2D eigenvalue weighted by Gasteiger charge is -2.24. The van der Waals surface area contributed by atoms with E-state index in [0.29, 0.717) is 6.04 Å². The van der Waals surface area contributed by atoms with E-state index < -0.39 is 0 Å². The molecule has 1 saturated heterocycles. The molecule has 0 bridgehead atoms. The third kappa shape index (κ3) is 2.94. The average molecular weight is 249 g/mol. The quantitative estimate of drug-likeness (QED) is 0.850. The number of nitrogens with two attached hydrogens (primary N) is 1. The molecule has 2 N–H and O–H groups in total. The number of rotatable bonds is 5. The third-order valence-corrected chi connectivity index (χ3v) is 3.71. The van der Waals surface area contributed by atoms with Crippen LogP contribution in [-0.4, -0.2) is 51.3 Å². The second kappa shape index (κ2) is 6.07. The molecule has 0 aromatic heterocycles. The summed E-state index contributed by atoms with van der Waals surface area (Å²) in [6.45, 7) is 3.91. The van der Waals surface area contributed by atoms with Gasteiger partial charge in [-0.1, -0.05) is 0 Å². The van der Waals surface area contributed by atoms with Gasteiger partial charge < -0.3 is 20.3 Å². The van der Waals surface area contributed by atoms with Gasteiger partial charge in [-0.25, -0.2) is 0 Å². The summed E-state index contributed by atoms with van der Waals surface area (Å²) in [7, 11) is 3.86. The molecule has 0 aliphatic carbocycles. The van der Waals surface area contributed by atoms with Crippen LogP contribution in [0.2, 0.25) is 0 Å². The third-order valence-electron chi connectivity index (χ3n) is 3.71. The Hall–Kier alpha value is -1.26. The molecule has 1 atom stereocenters. The van der Waals surface area contributed by atoms with E-state index in [0.717, 1.165) is 31.9 Å². The summed E-state index contributed by atoms with van der Waals surface area (Å²) >= 11 is 0. The fourth-order valence-corrected chi connectivity index (χ4v) is 2.52. The van der Waals surface area contributed by atoms with Crippen LogP contribution >= 0.6 is 0 Å². The SMILES string of the molecule is COc1ccc(N2CCC(N(C)CCN)C2)cc1. The van der Waals surface area contributed by atoms with Gasteiger partial charge in [-0.3, -0.25) is 0 Å². The minimum Gasteiger partial charge on any atom is -0.497 e. The Morgan fingerprint density at radius 2 is 2.11 bits per heavy atom. The van der Waals surface area contributed by atoms with E-state index in [1.165, 1.54) is 12.1 Å². The van der Waals surface area contributed by atoms with Gasteiger partial charge in [0.15, 0.2) is 0 Å². The highest BCUT2D eigenvalue weighted by Crippen LogP contribution is 2.24. The minimum atomic E-state index is 0.621. The molecule has 0 radical (unpaired) electrons. The standard InChI is InChI=1S/C14H23N3O/c1-16(10-8-15)13-7-9-17(11-13)12-3-5-14(18-2)6-4-12/h3-6,13H,7-11,15H2,1-2H3. The van der Waals surface area contributed by atoms with E-state index in [-0.39, 0.29) is 0 Å². The minimum absolute atomic E-state index is 0.621. The lowest BCUT2D eigenvalue weighted by Crippen LogP contribution is -2.37. The Labute approximate surface area is 109 Å². The molecule has 1 aliphatic heterocycles. The van der Waals surface area contributed by atoms with Crippen molar-refractivity contribution in [1.82, 2.24) is 4.90 Å². The molecule has 4 heteroatoms. The number of anilines is 1. The molecule has 4 nitrogen and oxygen atoms in total. The van der Waals surface area contributed by atoms with E-state index >= 15 is 0 Å². The van der Waals surface area contributed by atoms with Gasteiger partial charge in [-0.15, -0.1) is 0 Å². The molecule has 0 spiro atoms. The first-order valence-electron chi connectivity index (χ1n) is 6.54. The number of nitrogens with zero attached hydrogens (tertiary/aromatic N) is 2. The first-order chi connectivity index (χ1) is 8.74. The maximum atomic E-state index is 5.61. The van der Waals surface area contributed by atoms with Crippen molar-refractivity contribution in [3.05, 3.63) is 24.3 Å². The molecule has 0 amide bonds. The Morgan fingerprint density at radius 3 is 2.72 bits per heavy atom. The fraction of sp³-hybridized carbons (Fsp3) is 0.571. The highest BCUT2D eigenvalue weighted by Gasteiger charge is 2.25. The maximum Gasteiger partial charge on any atom is 0.119 e. The average Bonchev–Trinajstić information content (AvgIpc) is 2.89. The normalized spacial score (nSPS) is 19.6. The lowest BCUT2D eigenvalue weighted by atomic mass is 10.2. The number of benzene rings is 1. The van der Waals surface area contributed by atoms with E-state index in [4.69, 9.17) is 10.5 Å². The van der Waals surface area contributed by atoms with E-state index in [1.54, 1.807) is 7.11 Å². The molecule has 1 aliphatic rings. The van der Waals surface area contributed by atoms with Crippen molar-refractivity contribution in [1.29, 1.82) is 0 Å². The van der Waals surface area contributed by atoms with Gasteiger partial charge >= 0.3 is 0 Å². The zero-order chi connectivity index (χ0) is 13.0. The largest absolute Gasteiger partial charge is 0.497 e. The van der Waals surface area contributed by atoms with Gasteiger partial charge in [-0.05, 0) is 37.7 Å². The topological polar surface area (TPSA) is 41.7 Å². The van der Waals surface area contributed by atoms with Gasteiger partial charge in [0.05, 0.1) is 7.11 Å². The second-order valence-corrected chi connectivity index (χ2v) is 4.86. The summed E-state index contributed by atoms with van der Waals surface area (Å²) in [6, 6.07) is 8.92. The van der Waals surface area contributed by atoms with Crippen molar-refractivity contribution in [3.8, 4) is 5.75 Å². The number of hydrogen-bond acceptors (Lipinski definition) is 4. The van der Waals surface area contributed by atoms with Crippen molar-refractivity contribution in [2.24, 2.45) is 5.73 Å². The van der Waals surface area contributed by atoms with E-state index in [1.807, 2.05) is 12.1 Å². The number of likely N-dealkylation sites (N-methyl/N-ethyl adjacent to an activating group) is 1. The highest BCUT2D eigenvalue weighted by atomic mass is 16.5. The van der Waals surface area contributed by atoms with Crippen LogP contribution in [-0.2, 0) is 0 Å². The molecule has 2 rings (SSSR count). The number of ether oxygens (including phenoxy) is 1. The summed E-state index contributed by atoms with van der Waals surface area (Å²) in [5, 5.41) is 0. The monoisotopic (exact) mass is 249 g/mol. The predicted octanol–water partition coefficient (Wildman–Crippen LogP) is 1.16. The lowest BCUT2D eigenvalue weighted by molar-refractivity contribution is 0.266. The van der Waals surface area contributed by atoms with Crippen LogP contribution in [0.15, 0.2) is 24.3 Å². The summed E-state index contributed by atoms with van der Waals surface area (Å²) in [5.74, 6) is 0.912. The van der Waals surface area contributed by atoms with Gasteiger partial charge in [-0.2, -0.15) is 0 Å². The Kier molecular flexibility index (Phi) is 4.44. The van der Waals surface area contributed by atoms with Crippen molar-refractivity contribution < 1.29 is 4.74 Å². The zero-order valence-corrected chi connectivity index (χ0v) is 11.3.